The van der Waals surface area contributed by atoms with Gasteiger partial charge in [-0.15, -0.1) is 11.8 Å². The van der Waals surface area contributed by atoms with Gasteiger partial charge < -0.3 is 16.0 Å². The zero-order valence-electron chi connectivity index (χ0n) is 22.3. The summed E-state index contributed by atoms with van der Waals surface area (Å²) < 4.78 is 1.00. The quantitative estimate of drug-likeness (QED) is 0.118. The summed E-state index contributed by atoms with van der Waals surface area (Å²) in [6.07, 6.45) is 1.58. The molecule has 10 heteroatoms. The Morgan fingerprint density at radius 1 is 0.881 bits per heavy atom. The number of carbonyl (C=O) groups is 3. The zero-order chi connectivity index (χ0) is 29.5. The molecule has 3 N–H and O–H groups in total. The number of carbonyl (C=O) groups excluding carboxylic acids is 3. The number of fused-ring (bicyclic) bond motifs is 1. The number of hydrogen-bond donors (Lipinski definition) is 3. The second-order valence-electron chi connectivity index (χ2n) is 9.15. The third-order valence-electron chi connectivity index (χ3n) is 6.01. The smallest absolute Gasteiger partial charge is 0.272 e. The summed E-state index contributed by atoms with van der Waals surface area (Å²) in [5, 5.41) is 9.16. The number of thiazole rings is 1. The largest absolute Gasteiger partial charge is 0.321 e. The van der Waals surface area contributed by atoms with Gasteiger partial charge in [0, 0.05) is 21.2 Å². The molecule has 0 saturated carbocycles. The molecule has 210 valence electrons. The van der Waals surface area contributed by atoms with Crippen molar-refractivity contribution in [2.45, 2.75) is 17.1 Å². The van der Waals surface area contributed by atoms with Gasteiger partial charge in [0.25, 0.3) is 11.8 Å². The highest BCUT2D eigenvalue weighted by atomic mass is 35.5. The van der Waals surface area contributed by atoms with E-state index in [1.807, 2.05) is 43.3 Å². The number of hydrogen-bond acceptors (Lipinski definition) is 6. The van der Waals surface area contributed by atoms with Crippen LogP contribution >= 0.6 is 34.7 Å². The SMILES string of the molecule is CC(Sc1cccc(NC(=O)/C(=C/c2ccc(Cl)cc2)NC(=O)c2ccccc2)c1)C(=O)Nc1nc2ccccc2s1. The minimum Gasteiger partial charge on any atom is -0.321 e. The molecule has 0 aliphatic rings. The van der Waals surface area contributed by atoms with Gasteiger partial charge in [-0.25, -0.2) is 4.98 Å². The second-order valence-corrected chi connectivity index (χ2v) is 12.0. The summed E-state index contributed by atoms with van der Waals surface area (Å²) in [5.41, 5.74) is 2.53. The molecule has 3 amide bonds. The lowest BCUT2D eigenvalue weighted by Gasteiger charge is -2.13. The molecule has 0 saturated heterocycles. The fraction of sp³-hybridized carbons (Fsp3) is 0.0625. The van der Waals surface area contributed by atoms with Crippen molar-refractivity contribution in [1.29, 1.82) is 0 Å². The van der Waals surface area contributed by atoms with E-state index in [2.05, 4.69) is 20.9 Å². The second kappa shape index (κ2) is 13.5. The Hall–Kier alpha value is -4.44. The zero-order valence-corrected chi connectivity index (χ0v) is 24.7. The summed E-state index contributed by atoms with van der Waals surface area (Å²) in [5.74, 6) is -1.09. The van der Waals surface area contributed by atoms with Gasteiger partial charge >= 0.3 is 0 Å². The normalized spacial score (nSPS) is 12.0. The molecule has 0 aliphatic carbocycles. The maximum Gasteiger partial charge on any atom is 0.272 e. The van der Waals surface area contributed by atoms with Gasteiger partial charge in [0.2, 0.25) is 5.91 Å². The highest BCUT2D eigenvalue weighted by Crippen LogP contribution is 2.29. The number of thioether (sulfide) groups is 1. The first-order valence-electron chi connectivity index (χ1n) is 12.9. The molecule has 5 aromatic rings. The average Bonchev–Trinajstić information content (AvgIpc) is 3.41. The van der Waals surface area contributed by atoms with Crippen molar-refractivity contribution < 1.29 is 14.4 Å². The maximum absolute atomic E-state index is 13.4. The summed E-state index contributed by atoms with van der Waals surface area (Å²) in [6, 6.07) is 30.5. The third-order valence-corrected chi connectivity index (χ3v) is 8.31. The Morgan fingerprint density at radius 2 is 1.62 bits per heavy atom. The van der Waals surface area contributed by atoms with E-state index < -0.39 is 17.1 Å². The van der Waals surface area contributed by atoms with E-state index in [1.54, 1.807) is 72.8 Å². The highest BCUT2D eigenvalue weighted by Gasteiger charge is 2.18. The number of rotatable bonds is 9. The predicted octanol–water partition coefficient (Wildman–Crippen LogP) is 7.48. The first-order chi connectivity index (χ1) is 20.3. The molecule has 1 unspecified atom stereocenters. The van der Waals surface area contributed by atoms with Crippen molar-refractivity contribution in [1.82, 2.24) is 10.3 Å². The molecular weight excluding hydrogens is 588 g/mol. The van der Waals surface area contributed by atoms with Gasteiger partial charge in [0.05, 0.1) is 15.5 Å². The molecule has 42 heavy (non-hydrogen) atoms. The summed E-state index contributed by atoms with van der Waals surface area (Å²) in [7, 11) is 0. The number of halogens is 1. The Morgan fingerprint density at radius 3 is 2.38 bits per heavy atom. The molecule has 4 aromatic carbocycles. The molecule has 0 fully saturated rings. The number of amides is 3. The molecule has 1 aromatic heterocycles. The van der Waals surface area contributed by atoms with Gasteiger partial charge in [0.1, 0.15) is 5.70 Å². The molecular formula is C32H25ClN4O3S2. The fourth-order valence-electron chi connectivity index (χ4n) is 3.90. The summed E-state index contributed by atoms with van der Waals surface area (Å²) in [6.45, 7) is 1.81. The van der Waals surface area contributed by atoms with Gasteiger partial charge in [-0.2, -0.15) is 0 Å². The van der Waals surface area contributed by atoms with Crippen molar-refractivity contribution >= 4 is 79.5 Å². The highest BCUT2D eigenvalue weighted by molar-refractivity contribution is 8.00. The minimum absolute atomic E-state index is 0.0628. The topological polar surface area (TPSA) is 100 Å². The van der Waals surface area contributed by atoms with Crippen LogP contribution in [0.3, 0.4) is 0 Å². The van der Waals surface area contributed by atoms with Crippen molar-refractivity contribution in [3.63, 3.8) is 0 Å². The Labute approximate surface area is 256 Å². The Bertz CT molecular complexity index is 1740. The molecule has 0 spiro atoms. The van der Waals surface area contributed by atoms with Crippen molar-refractivity contribution in [3.8, 4) is 0 Å². The molecule has 0 radical (unpaired) electrons. The Kier molecular flexibility index (Phi) is 9.33. The van der Waals surface area contributed by atoms with Crippen LogP contribution in [0.25, 0.3) is 16.3 Å². The molecule has 1 atom stereocenters. The van der Waals surface area contributed by atoms with E-state index in [0.29, 0.717) is 27.0 Å². The molecule has 0 bridgehead atoms. The van der Waals surface area contributed by atoms with Crippen LogP contribution in [0, 0.1) is 0 Å². The summed E-state index contributed by atoms with van der Waals surface area (Å²) >= 11 is 8.79. The minimum atomic E-state index is -0.502. The fourth-order valence-corrected chi connectivity index (χ4v) is 5.83. The molecule has 5 rings (SSSR count). The van der Waals surface area contributed by atoms with Gasteiger partial charge in [0.15, 0.2) is 5.13 Å². The third kappa shape index (κ3) is 7.64. The van der Waals surface area contributed by atoms with Crippen LogP contribution < -0.4 is 16.0 Å². The van der Waals surface area contributed by atoms with E-state index in [-0.39, 0.29) is 11.6 Å². The van der Waals surface area contributed by atoms with Crippen LogP contribution in [-0.2, 0) is 9.59 Å². The first-order valence-corrected chi connectivity index (χ1v) is 15.0. The van der Waals surface area contributed by atoms with Crippen LogP contribution in [0.15, 0.2) is 114 Å². The average molecular weight is 613 g/mol. The van der Waals surface area contributed by atoms with E-state index in [0.717, 1.165) is 15.1 Å². The van der Waals surface area contributed by atoms with Crippen LogP contribution in [-0.4, -0.2) is 28.0 Å². The van der Waals surface area contributed by atoms with E-state index in [4.69, 9.17) is 11.6 Å². The Balaban J connectivity index is 1.28. The monoisotopic (exact) mass is 612 g/mol. The molecule has 7 nitrogen and oxygen atoms in total. The number of nitrogens with zero attached hydrogens (tertiary/aromatic N) is 1. The number of aromatic nitrogens is 1. The number of para-hydroxylation sites is 1. The van der Waals surface area contributed by atoms with Gasteiger partial charge in [-0.3, -0.25) is 14.4 Å². The van der Waals surface area contributed by atoms with Crippen LogP contribution in [0.1, 0.15) is 22.8 Å². The van der Waals surface area contributed by atoms with E-state index in [9.17, 15) is 14.4 Å². The van der Waals surface area contributed by atoms with E-state index in [1.165, 1.54) is 23.1 Å². The molecule has 0 aliphatic heterocycles. The van der Waals surface area contributed by atoms with Gasteiger partial charge in [-0.05, 0) is 73.2 Å². The van der Waals surface area contributed by atoms with Gasteiger partial charge in [-0.1, -0.05) is 71.5 Å². The number of benzene rings is 4. The van der Waals surface area contributed by atoms with Crippen molar-refractivity contribution in [2.75, 3.05) is 10.6 Å². The lowest BCUT2D eigenvalue weighted by Crippen LogP contribution is -2.30. The predicted molar refractivity (Wildman–Crippen MR) is 172 cm³/mol. The first kappa shape index (κ1) is 29.1. The summed E-state index contributed by atoms with van der Waals surface area (Å²) in [4.78, 5) is 44.4. The van der Waals surface area contributed by atoms with Crippen LogP contribution in [0.4, 0.5) is 10.8 Å². The standard InChI is InChI=1S/C32H25ClN4O3S2/c1-20(29(38)37-32-36-26-12-5-6-13-28(26)42-32)41-25-11-7-10-24(19-25)34-31(40)27(18-21-14-16-23(33)17-15-21)35-30(39)22-8-3-2-4-9-22/h2-20H,1H3,(H,34,40)(H,35,39)(H,36,37,38)/b27-18-. The van der Waals surface area contributed by atoms with Crippen LogP contribution in [0.2, 0.25) is 5.02 Å². The van der Waals surface area contributed by atoms with Crippen molar-refractivity contribution in [2.24, 2.45) is 0 Å². The van der Waals surface area contributed by atoms with Crippen LogP contribution in [0.5, 0.6) is 0 Å². The lowest BCUT2D eigenvalue weighted by atomic mass is 10.1. The van der Waals surface area contributed by atoms with Crippen molar-refractivity contribution in [3.05, 3.63) is 125 Å². The molecule has 1 heterocycles. The number of anilines is 2. The maximum atomic E-state index is 13.4. The van der Waals surface area contributed by atoms with E-state index >= 15 is 0 Å². The lowest BCUT2D eigenvalue weighted by molar-refractivity contribution is -0.115. The number of nitrogens with one attached hydrogen (secondary N) is 3.